The lowest BCUT2D eigenvalue weighted by molar-refractivity contribution is 0.387. The first-order valence-electron chi connectivity index (χ1n) is 6.11. The van der Waals surface area contributed by atoms with Crippen molar-refractivity contribution in [3.63, 3.8) is 0 Å². The number of hydrogen-bond donors (Lipinski definition) is 0. The minimum atomic E-state index is -3.84. The second-order valence-electron chi connectivity index (χ2n) is 5.17. The van der Waals surface area contributed by atoms with Crippen LogP contribution in [-0.4, -0.2) is 36.3 Å². The van der Waals surface area contributed by atoms with Crippen LogP contribution < -0.4 is 0 Å². The standard InChI is InChI=1S/C13H15FN2O2S2/c1-13(2)9-16(6-7-19-13)20(17,18)12-5-3-4-11(14)10(12)8-15/h3-5H,6-7,9H2,1-2H3. The summed E-state index contributed by atoms with van der Waals surface area (Å²) in [5, 5.41) is 8.99. The number of benzene rings is 1. The molecule has 0 aromatic heterocycles. The van der Waals surface area contributed by atoms with Crippen molar-refractivity contribution >= 4 is 21.8 Å². The third-order valence-electron chi connectivity index (χ3n) is 3.10. The zero-order chi connectivity index (χ0) is 15.0. The maximum Gasteiger partial charge on any atom is 0.244 e. The summed E-state index contributed by atoms with van der Waals surface area (Å²) < 4.78 is 39.9. The van der Waals surface area contributed by atoms with Crippen LogP contribution in [0.1, 0.15) is 19.4 Å². The fourth-order valence-corrected chi connectivity index (χ4v) is 5.21. The first-order valence-corrected chi connectivity index (χ1v) is 8.53. The Bertz CT molecular complexity index is 665. The molecule has 1 heterocycles. The molecule has 4 nitrogen and oxygen atoms in total. The highest BCUT2D eigenvalue weighted by Crippen LogP contribution is 2.33. The molecule has 1 aliphatic heterocycles. The maximum atomic E-state index is 13.6. The van der Waals surface area contributed by atoms with Crippen LogP contribution >= 0.6 is 11.8 Å². The Morgan fingerprint density at radius 2 is 2.15 bits per heavy atom. The third kappa shape index (κ3) is 2.82. The van der Waals surface area contributed by atoms with E-state index in [1.54, 1.807) is 17.8 Å². The molecule has 2 rings (SSSR count). The van der Waals surface area contributed by atoms with Gasteiger partial charge in [0.1, 0.15) is 22.3 Å². The Labute approximate surface area is 122 Å². The molecule has 1 aromatic carbocycles. The number of halogens is 1. The van der Waals surface area contributed by atoms with E-state index in [2.05, 4.69) is 0 Å². The highest BCUT2D eigenvalue weighted by Gasteiger charge is 2.36. The quantitative estimate of drug-likeness (QED) is 0.840. The van der Waals surface area contributed by atoms with E-state index in [0.717, 1.165) is 6.07 Å². The summed E-state index contributed by atoms with van der Waals surface area (Å²) in [6.07, 6.45) is 0. The van der Waals surface area contributed by atoms with Gasteiger partial charge in [-0.05, 0) is 26.0 Å². The molecule has 0 radical (unpaired) electrons. The summed E-state index contributed by atoms with van der Waals surface area (Å²) in [7, 11) is -3.84. The van der Waals surface area contributed by atoms with Gasteiger partial charge in [-0.3, -0.25) is 0 Å². The number of thioether (sulfide) groups is 1. The summed E-state index contributed by atoms with van der Waals surface area (Å²) >= 11 is 1.70. The first-order chi connectivity index (χ1) is 9.28. The van der Waals surface area contributed by atoms with Crippen LogP contribution in [0.5, 0.6) is 0 Å². The van der Waals surface area contributed by atoms with Crippen molar-refractivity contribution in [2.45, 2.75) is 23.5 Å². The Kier molecular flexibility index (Phi) is 4.09. The van der Waals surface area contributed by atoms with Gasteiger partial charge in [0.05, 0.1) is 0 Å². The normalized spacial score (nSPS) is 19.5. The van der Waals surface area contributed by atoms with Crippen LogP contribution in [0.4, 0.5) is 4.39 Å². The van der Waals surface area contributed by atoms with Crippen molar-refractivity contribution in [1.29, 1.82) is 5.26 Å². The van der Waals surface area contributed by atoms with Gasteiger partial charge >= 0.3 is 0 Å². The molecular formula is C13H15FN2O2S2. The van der Waals surface area contributed by atoms with E-state index in [-0.39, 0.29) is 9.64 Å². The average Bonchev–Trinajstić information content (AvgIpc) is 2.37. The fraction of sp³-hybridized carbons (Fsp3) is 0.462. The van der Waals surface area contributed by atoms with E-state index in [4.69, 9.17) is 5.26 Å². The van der Waals surface area contributed by atoms with E-state index in [0.29, 0.717) is 18.8 Å². The molecule has 0 saturated carbocycles. The summed E-state index contributed by atoms with van der Waals surface area (Å²) in [5.41, 5.74) is -0.413. The highest BCUT2D eigenvalue weighted by atomic mass is 32.2. The predicted molar refractivity (Wildman–Crippen MR) is 76.4 cm³/mol. The van der Waals surface area contributed by atoms with Gasteiger partial charge in [0.2, 0.25) is 10.0 Å². The molecule has 1 aliphatic rings. The smallest absolute Gasteiger partial charge is 0.207 e. The molecule has 0 unspecified atom stereocenters. The Hall–Kier alpha value is -1.10. The Morgan fingerprint density at radius 1 is 1.45 bits per heavy atom. The van der Waals surface area contributed by atoms with Crippen molar-refractivity contribution in [2.75, 3.05) is 18.8 Å². The van der Waals surface area contributed by atoms with Crippen LogP contribution in [0.15, 0.2) is 23.1 Å². The molecule has 0 bridgehead atoms. The van der Waals surface area contributed by atoms with E-state index < -0.39 is 21.4 Å². The zero-order valence-electron chi connectivity index (χ0n) is 11.3. The minimum absolute atomic E-state index is 0.189. The summed E-state index contributed by atoms with van der Waals surface area (Å²) in [5.74, 6) is -0.122. The molecule has 0 aliphatic carbocycles. The summed E-state index contributed by atoms with van der Waals surface area (Å²) in [4.78, 5) is -0.247. The lowest BCUT2D eigenvalue weighted by Crippen LogP contribution is -2.46. The number of nitrogens with zero attached hydrogens (tertiary/aromatic N) is 2. The molecule has 108 valence electrons. The van der Waals surface area contributed by atoms with Gasteiger partial charge in [-0.2, -0.15) is 21.3 Å². The van der Waals surface area contributed by atoms with E-state index in [1.165, 1.54) is 16.4 Å². The first kappa shape index (κ1) is 15.3. The minimum Gasteiger partial charge on any atom is -0.207 e. The van der Waals surface area contributed by atoms with Gasteiger partial charge < -0.3 is 0 Å². The largest absolute Gasteiger partial charge is 0.244 e. The van der Waals surface area contributed by atoms with E-state index >= 15 is 0 Å². The molecule has 1 aromatic rings. The number of nitriles is 1. The number of hydrogen-bond acceptors (Lipinski definition) is 4. The Balaban J connectivity index is 2.47. The van der Waals surface area contributed by atoms with E-state index in [1.807, 2.05) is 13.8 Å². The second-order valence-corrected chi connectivity index (χ2v) is 8.88. The van der Waals surface area contributed by atoms with Crippen molar-refractivity contribution in [3.8, 4) is 6.07 Å². The monoisotopic (exact) mass is 314 g/mol. The van der Waals surface area contributed by atoms with Crippen molar-refractivity contribution in [3.05, 3.63) is 29.6 Å². The molecule has 7 heteroatoms. The van der Waals surface area contributed by atoms with Gasteiger partial charge in [-0.15, -0.1) is 0 Å². The van der Waals surface area contributed by atoms with Crippen molar-refractivity contribution < 1.29 is 12.8 Å². The summed E-state index contributed by atoms with van der Waals surface area (Å²) in [6.45, 7) is 4.66. The molecule has 0 atom stereocenters. The molecule has 0 N–H and O–H groups in total. The van der Waals surface area contributed by atoms with Crippen LogP contribution in [-0.2, 0) is 10.0 Å². The molecule has 0 amide bonds. The van der Waals surface area contributed by atoms with Gasteiger partial charge in [0.25, 0.3) is 0 Å². The Morgan fingerprint density at radius 3 is 2.75 bits per heavy atom. The molecule has 20 heavy (non-hydrogen) atoms. The second kappa shape index (κ2) is 5.35. The van der Waals surface area contributed by atoms with Gasteiger partial charge in [0.15, 0.2) is 0 Å². The molecular weight excluding hydrogens is 299 g/mol. The molecule has 1 fully saturated rings. The van der Waals surface area contributed by atoms with Crippen molar-refractivity contribution in [2.24, 2.45) is 0 Å². The topological polar surface area (TPSA) is 61.2 Å². The number of sulfonamides is 1. The molecule has 0 spiro atoms. The summed E-state index contributed by atoms with van der Waals surface area (Å²) in [6, 6.07) is 5.33. The fourth-order valence-electron chi connectivity index (χ4n) is 2.15. The SMILES string of the molecule is CC1(C)CN(S(=O)(=O)c2cccc(F)c2C#N)CCS1. The van der Waals surface area contributed by atoms with Crippen LogP contribution in [0.2, 0.25) is 0 Å². The van der Waals surface area contributed by atoms with Crippen LogP contribution in [0, 0.1) is 17.1 Å². The third-order valence-corrected chi connectivity index (χ3v) is 6.28. The van der Waals surface area contributed by atoms with E-state index in [9.17, 15) is 12.8 Å². The van der Waals surface area contributed by atoms with Gasteiger partial charge in [-0.25, -0.2) is 12.8 Å². The zero-order valence-corrected chi connectivity index (χ0v) is 12.9. The molecule has 1 saturated heterocycles. The lowest BCUT2D eigenvalue weighted by Gasteiger charge is -2.36. The number of rotatable bonds is 2. The maximum absolute atomic E-state index is 13.6. The lowest BCUT2D eigenvalue weighted by atomic mass is 10.2. The van der Waals surface area contributed by atoms with Crippen LogP contribution in [0.3, 0.4) is 0 Å². The van der Waals surface area contributed by atoms with Crippen molar-refractivity contribution in [1.82, 2.24) is 4.31 Å². The average molecular weight is 314 g/mol. The van der Waals surface area contributed by atoms with Crippen LogP contribution in [0.25, 0.3) is 0 Å². The highest BCUT2D eigenvalue weighted by molar-refractivity contribution is 8.00. The van der Waals surface area contributed by atoms with Gasteiger partial charge in [0, 0.05) is 23.6 Å². The predicted octanol–water partition coefficient (Wildman–Crippen LogP) is 2.21. The van der Waals surface area contributed by atoms with Gasteiger partial charge in [-0.1, -0.05) is 6.07 Å².